The Morgan fingerprint density at radius 2 is 1.88 bits per heavy atom. The molecule has 0 saturated carbocycles. The highest BCUT2D eigenvalue weighted by molar-refractivity contribution is 9.10. The number of carbonyl (C=O) groups is 3. The molecule has 25 heavy (non-hydrogen) atoms. The van der Waals surface area contributed by atoms with E-state index >= 15 is 0 Å². The van der Waals surface area contributed by atoms with E-state index in [9.17, 15) is 14.4 Å². The van der Waals surface area contributed by atoms with E-state index in [0.29, 0.717) is 18.7 Å². The molecule has 4 amide bonds. The molecule has 2 fully saturated rings. The highest BCUT2D eigenvalue weighted by atomic mass is 79.9. The maximum absolute atomic E-state index is 12.9. The first-order valence-electron chi connectivity index (χ1n) is 8.01. The summed E-state index contributed by atoms with van der Waals surface area (Å²) in [5, 5.41) is 2.77. The molecule has 0 aromatic heterocycles. The lowest BCUT2D eigenvalue weighted by atomic mass is 9.99. The second-order valence-corrected chi connectivity index (χ2v) is 8.20. The van der Waals surface area contributed by atoms with Crippen LogP contribution >= 0.6 is 15.9 Å². The van der Waals surface area contributed by atoms with Crippen LogP contribution in [-0.4, -0.2) is 47.2 Å². The highest BCUT2D eigenvalue weighted by Gasteiger charge is 2.56. The van der Waals surface area contributed by atoms with Crippen LogP contribution in [0.25, 0.3) is 0 Å². The summed E-state index contributed by atoms with van der Waals surface area (Å²) < 4.78 is 6.21. The van der Waals surface area contributed by atoms with Gasteiger partial charge in [-0.15, -0.1) is 0 Å². The third-order valence-electron chi connectivity index (χ3n) is 4.17. The predicted molar refractivity (Wildman–Crippen MR) is 95.3 cm³/mol. The molecule has 1 unspecified atom stereocenters. The molecule has 1 aromatic rings. The van der Waals surface area contributed by atoms with Crippen molar-refractivity contribution in [3.05, 3.63) is 28.7 Å². The number of nitrogens with one attached hydrogen (secondary N) is 1. The van der Waals surface area contributed by atoms with Crippen LogP contribution in [0.5, 0.6) is 0 Å². The fourth-order valence-electron chi connectivity index (χ4n) is 3.01. The Kier molecular flexibility index (Phi) is 4.26. The molecule has 2 heterocycles. The molecule has 1 aromatic carbocycles. The SMILES string of the molecule is CC(C)(C)OC(=O)N1CCC2(C1)NC(=O)N(c1ccc(Br)cc1)C2=O. The van der Waals surface area contributed by atoms with Gasteiger partial charge in [-0.1, -0.05) is 15.9 Å². The zero-order valence-corrected chi connectivity index (χ0v) is 15.9. The van der Waals surface area contributed by atoms with Gasteiger partial charge in [0.2, 0.25) is 0 Å². The number of urea groups is 1. The van der Waals surface area contributed by atoms with Gasteiger partial charge in [-0.25, -0.2) is 14.5 Å². The van der Waals surface area contributed by atoms with Crippen molar-refractivity contribution < 1.29 is 19.1 Å². The van der Waals surface area contributed by atoms with Crippen molar-refractivity contribution in [2.75, 3.05) is 18.0 Å². The van der Waals surface area contributed by atoms with Gasteiger partial charge in [0.25, 0.3) is 5.91 Å². The molecule has 0 radical (unpaired) electrons. The third kappa shape index (κ3) is 3.35. The molecule has 8 heteroatoms. The molecule has 1 N–H and O–H groups in total. The Balaban J connectivity index is 1.78. The lowest BCUT2D eigenvalue weighted by molar-refractivity contribution is -0.121. The van der Waals surface area contributed by atoms with E-state index in [-0.39, 0.29) is 12.5 Å². The van der Waals surface area contributed by atoms with E-state index in [2.05, 4.69) is 21.2 Å². The first-order valence-corrected chi connectivity index (χ1v) is 8.81. The molecule has 134 valence electrons. The lowest BCUT2D eigenvalue weighted by Gasteiger charge is -2.25. The summed E-state index contributed by atoms with van der Waals surface area (Å²) >= 11 is 3.33. The van der Waals surface area contributed by atoms with Crippen LogP contribution in [0.15, 0.2) is 28.7 Å². The Bertz CT molecular complexity index is 728. The average Bonchev–Trinajstić information content (AvgIpc) is 3.02. The van der Waals surface area contributed by atoms with Gasteiger partial charge in [0, 0.05) is 11.0 Å². The number of hydrogen-bond donors (Lipinski definition) is 1. The zero-order valence-electron chi connectivity index (χ0n) is 14.3. The minimum Gasteiger partial charge on any atom is -0.444 e. The van der Waals surface area contributed by atoms with Crippen molar-refractivity contribution in [1.82, 2.24) is 10.2 Å². The summed E-state index contributed by atoms with van der Waals surface area (Å²) in [6.45, 7) is 5.83. The Hall–Kier alpha value is -2.09. The summed E-state index contributed by atoms with van der Waals surface area (Å²) in [5.41, 5.74) is -1.20. The van der Waals surface area contributed by atoms with Gasteiger partial charge in [-0.3, -0.25) is 4.79 Å². The van der Waals surface area contributed by atoms with Gasteiger partial charge in [-0.05, 0) is 51.5 Å². The minimum absolute atomic E-state index is 0.111. The van der Waals surface area contributed by atoms with Crippen molar-refractivity contribution in [2.24, 2.45) is 0 Å². The third-order valence-corrected chi connectivity index (χ3v) is 4.70. The molecule has 3 rings (SSSR count). The standard InChI is InChI=1S/C17H20BrN3O4/c1-16(2,3)25-15(24)20-9-8-17(10-20)13(22)21(14(23)19-17)12-6-4-11(18)5-7-12/h4-7H,8-10H2,1-3H3,(H,19,23). The van der Waals surface area contributed by atoms with Crippen LogP contribution in [0.4, 0.5) is 15.3 Å². The second-order valence-electron chi connectivity index (χ2n) is 7.28. The van der Waals surface area contributed by atoms with Crippen molar-refractivity contribution in [1.29, 1.82) is 0 Å². The van der Waals surface area contributed by atoms with Crippen LogP contribution in [0, 0.1) is 0 Å². The van der Waals surface area contributed by atoms with Gasteiger partial charge in [0.15, 0.2) is 0 Å². The van der Waals surface area contributed by atoms with E-state index in [1.54, 1.807) is 45.0 Å². The van der Waals surface area contributed by atoms with Crippen LogP contribution in [0.3, 0.4) is 0 Å². The van der Waals surface area contributed by atoms with Crippen molar-refractivity contribution in [2.45, 2.75) is 38.3 Å². The minimum atomic E-state index is -1.08. The molecular formula is C17H20BrN3O4. The van der Waals surface area contributed by atoms with Crippen LogP contribution in [0.1, 0.15) is 27.2 Å². The predicted octanol–water partition coefficient (Wildman–Crippen LogP) is 2.88. The van der Waals surface area contributed by atoms with Crippen LogP contribution < -0.4 is 10.2 Å². The summed E-state index contributed by atoms with van der Waals surface area (Å²) in [4.78, 5) is 40.2. The molecule has 2 saturated heterocycles. The number of amides is 4. The highest BCUT2D eigenvalue weighted by Crippen LogP contribution is 2.32. The van der Waals surface area contributed by atoms with Gasteiger partial charge < -0.3 is 15.0 Å². The maximum atomic E-state index is 12.9. The normalized spacial score (nSPS) is 23.4. The van der Waals surface area contributed by atoms with Gasteiger partial charge in [-0.2, -0.15) is 0 Å². The molecule has 0 aliphatic carbocycles. The average molecular weight is 410 g/mol. The van der Waals surface area contributed by atoms with Gasteiger partial charge in [0.1, 0.15) is 11.1 Å². The van der Waals surface area contributed by atoms with Gasteiger partial charge in [0.05, 0.1) is 12.2 Å². The fraction of sp³-hybridized carbons (Fsp3) is 0.471. The number of nitrogens with zero attached hydrogens (tertiary/aromatic N) is 2. The maximum Gasteiger partial charge on any atom is 0.410 e. The van der Waals surface area contributed by atoms with Crippen molar-refractivity contribution >= 4 is 39.6 Å². The zero-order chi connectivity index (χ0) is 18.4. The molecular weight excluding hydrogens is 390 g/mol. The molecule has 7 nitrogen and oxygen atoms in total. The summed E-state index contributed by atoms with van der Waals surface area (Å²) in [5.74, 6) is -0.342. The molecule has 1 spiro atoms. The number of imide groups is 1. The number of benzene rings is 1. The fourth-order valence-corrected chi connectivity index (χ4v) is 3.28. The van der Waals surface area contributed by atoms with E-state index < -0.39 is 23.3 Å². The largest absolute Gasteiger partial charge is 0.444 e. The van der Waals surface area contributed by atoms with Crippen molar-refractivity contribution in [3.8, 4) is 0 Å². The quantitative estimate of drug-likeness (QED) is 0.723. The number of ether oxygens (including phenoxy) is 1. The Morgan fingerprint density at radius 3 is 2.48 bits per heavy atom. The Morgan fingerprint density at radius 1 is 1.24 bits per heavy atom. The number of rotatable bonds is 1. The van der Waals surface area contributed by atoms with E-state index in [1.165, 1.54) is 4.90 Å². The molecule has 1 atom stereocenters. The first kappa shape index (κ1) is 17.7. The number of carbonyl (C=O) groups excluding carboxylic acids is 3. The van der Waals surface area contributed by atoms with Gasteiger partial charge >= 0.3 is 12.1 Å². The summed E-state index contributed by atoms with van der Waals surface area (Å²) in [6.07, 6.45) is -0.113. The van der Waals surface area contributed by atoms with Crippen LogP contribution in [-0.2, 0) is 9.53 Å². The molecule has 2 aliphatic rings. The first-order chi connectivity index (χ1) is 11.6. The van der Waals surface area contributed by atoms with E-state index in [0.717, 1.165) is 9.37 Å². The number of halogens is 1. The van der Waals surface area contributed by atoms with E-state index in [4.69, 9.17) is 4.74 Å². The van der Waals surface area contributed by atoms with Crippen LogP contribution in [0.2, 0.25) is 0 Å². The number of likely N-dealkylation sites (tertiary alicyclic amines) is 1. The summed E-state index contributed by atoms with van der Waals surface area (Å²) in [6, 6.07) is 6.45. The topological polar surface area (TPSA) is 79.0 Å². The van der Waals surface area contributed by atoms with E-state index in [1.807, 2.05) is 0 Å². The Labute approximate surface area is 154 Å². The lowest BCUT2D eigenvalue weighted by Crippen LogP contribution is -2.50. The molecule has 2 aliphatic heterocycles. The second kappa shape index (κ2) is 6.01. The number of hydrogen-bond acceptors (Lipinski definition) is 4. The summed E-state index contributed by atoms with van der Waals surface area (Å²) in [7, 11) is 0. The van der Waals surface area contributed by atoms with Crippen molar-refractivity contribution in [3.63, 3.8) is 0 Å². The monoisotopic (exact) mass is 409 g/mol. The number of anilines is 1. The smallest absolute Gasteiger partial charge is 0.410 e. The molecule has 0 bridgehead atoms.